The van der Waals surface area contributed by atoms with Gasteiger partial charge in [0.15, 0.2) is 6.29 Å². The van der Waals surface area contributed by atoms with Crippen molar-refractivity contribution in [1.29, 1.82) is 0 Å². The van der Waals surface area contributed by atoms with Crippen LogP contribution in [-0.4, -0.2) is 51.6 Å². The number of aliphatic hydroxyl groups is 4. The van der Waals surface area contributed by atoms with Gasteiger partial charge < -0.3 is 25.2 Å². The van der Waals surface area contributed by atoms with Gasteiger partial charge in [-0.2, -0.15) is 0 Å². The summed E-state index contributed by atoms with van der Waals surface area (Å²) < 4.78 is 5.44. The molecule has 0 aromatic carbocycles. The van der Waals surface area contributed by atoms with E-state index < -0.39 is 24.6 Å². The highest BCUT2D eigenvalue weighted by Gasteiger charge is 2.37. The molecule has 0 aliphatic heterocycles. The molecule has 21 heavy (non-hydrogen) atoms. The van der Waals surface area contributed by atoms with Gasteiger partial charge in [-0.3, -0.25) is 0 Å². The number of ether oxygens (including phenoxy) is 1. The third-order valence-electron chi connectivity index (χ3n) is 3.95. The molecule has 2 aliphatic rings. The van der Waals surface area contributed by atoms with Crippen LogP contribution in [0.1, 0.15) is 46.0 Å². The molecule has 0 bridgehead atoms. The Kier molecular flexibility index (Phi) is 8.19. The zero-order chi connectivity index (χ0) is 15.8. The van der Waals surface area contributed by atoms with Crippen LogP contribution in [0.2, 0.25) is 0 Å². The van der Waals surface area contributed by atoms with E-state index in [2.05, 4.69) is 5.73 Å². The Hall–Kier alpha value is -0.680. The second-order valence-electron chi connectivity index (χ2n) is 5.35. The normalized spacial score (nSPS) is 33.7. The quantitative estimate of drug-likeness (QED) is 0.461. The lowest BCUT2D eigenvalue weighted by Gasteiger charge is -2.27. The van der Waals surface area contributed by atoms with E-state index in [1.54, 1.807) is 6.08 Å². The predicted molar refractivity (Wildman–Crippen MR) is 79.5 cm³/mol. The van der Waals surface area contributed by atoms with Crippen LogP contribution >= 0.6 is 0 Å². The Labute approximate surface area is 126 Å². The van der Waals surface area contributed by atoms with E-state index in [4.69, 9.17) is 9.84 Å². The first-order valence-electron chi connectivity index (χ1n) is 7.85. The smallest absolute Gasteiger partial charge is 0.158 e. The molecule has 0 heterocycles. The van der Waals surface area contributed by atoms with Crippen LogP contribution in [0.3, 0.4) is 0 Å². The fourth-order valence-electron chi connectivity index (χ4n) is 2.67. The summed E-state index contributed by atoms with van der Waals surface area (Å²) in [7, 11) is 0. The molecule has 2 unspecified atom stereocenters. The summed E-state index contributed by atoms with van der Waals surface area (Å²) in [6, 6.07) is 0. The first-order valence-corrected chi connectivity index (χ1v) is 7.85. The lowest BCUT2D eigenvalue weighted by atomic mass is 9.98. The highest BCUT2D eigenvalue weighted by molar-refractivity contribution is 5.05. The minimum Gasteiger partial charge on any atom is -0.391 e. The summed E-state index contributed by atoms with van der Waals surface area (Å²) in [5, 5.41) is 38.5. The molecule has 1 saturated carbocycles. The van der Waals surface area contributed by atoms with Gasteiger partial charge in [-0.15, -0.1) is 5.73 Å². The fourth-order valence-corrected chi connectivity index (χ4v) is 2.67. The first-order chi connectivity index (χ1) is 10.1. The van der Waals surface area contributed by atoms with Crippen LogP contribution in [0.5, 0.6) is 0 Å². The van der Waals surface area contributed by atoms with Gasteiger partial charge in [0.2, 0.25) is 0 Å². The van der Waals surface area contributed by atoms with Gasteiger partial charge in [-0.1, -0.05) is 13.8 Å². The van der Waals surface area contributed by atoms with Gasteiger partial charge in [-0.25, -0.2) is 0 Å². The molecule has 122 valence electrons. The summed E-state index contributed by atoms with van der Waals surface area (Å²) in [4.78, 5) is 0. The van der Waals surface area contributed by atoms with Crippen LogP contribution in [0.25, 0.3) is 0 Å². The molecule has 0 radical (unpaired) electrons. The molecule has 0 amide bonds. The molecule has 5 nitrogen and oxygen atoms in total. The van der Waals surface area contributed by atoms with Crippen molar-refractivity contribution >= 4 is 0 Å². The van der Waals surface area contributed by atoms with Gasteiger partial charge in [0.25, 0.3) is 0 Å². The summed E-state index contributed by atoms with van der Waals surface area (Å²) in [5.41, 5.74) is 3.83. The Bertz CT molecular complexity index is 352. The number of hydrogen-bond acceptors (Lipinski definition) is 5. The lowest BCUT2D eigenvalue weighted by molar-refractivity contribution is -0.201. The van der Waals surface area contributed by atoms with Crippen LogP contribution in [0.15, 0.2) is 17.4 Å². The molecule has 1 fully saturated rings. The van der Waals surface area contributed by atoms with Crippen molar-refractivity contribution in [2.75, 3.05) is 6.61 Å². The van der Waals surface area contributed by atoms with E-state index in [1.165, 1.54) is 0 Å². The van der Waals surface area contributed by atoms with E-state index in [0.717, 1.165) is 5.57 Å². The zero-order valence-corrected chi connectivity index (χ0v) is 12.9. The standard InChI is InChI=1S/C14H22O5.C2H6/c15-8-9-2-1-3-10(5-4-9)14(18)19-13-11(16)6-7-12(13)17;1-2/h1,10-18H,3-8H2;1-2H3/t10-,11-,12+,13?,14?;/m1./s1. The van der Waals surface area contributed by atoms with Gasteiger partial charge in [-0.05, 0) is 43.8 Å². The van der Waals surface area contributed by atoms with Gasteiger partial charge in [0.1, 0.15) is 6.10 Å². The van der Waals surface area contributed by atoms with Crippen molar-refractivity contribution in [2.45, 2.75) is 70.6 Å². The average Bonchev–Trinajstić information content (AvgIpc) is 2.74. The second-order valence-corrected chi connectivity index (χ2v) is 5.35. The summed E-state index contributed by atoms with van der Waals surface area (Å²) >= 11 is 0. The predicted octanol–water partition coefficient (Wildman–Crippen LogP) is 1.11. The van der Waals surface area contributed by atoms with Crippen molar-refractivity contribution in [2.24, 2.45) is 5.92 Å². The summed E-state index contributed by atoms with van der Waals surface area (Å²) in [6.07, 6.45) is 1.65. The monoisotopic (exact) mass is 300 g/mol. The minimum absolute atomic E-state index is 0.0137. The van der Waals surface area contributed by atoms with Crippen molar-refractivity contribution in [3.63, 3.8) is 0 Å². The van der Waals surface area contributed by atoms with Crippen LogP contribution in [0, 0.1) is 5.92 Å². The molecule has 0 aromatic heterocycles. The van der Waals surface area contributed by atoms with Gasteiger partial charge in [0, 0.05) is 5.92 Å². The highest BCUT2D eigenvalue weighted by atomic mass is 16.6. The first kappa shape index (κ1) is 18.4. The van der Waals surface area contributed by atoms with Crippen LogP contribution < -0.4 is 0 Å². The van der Waals surface area contributed by atoms with Crippen molar-refractivity contribution in [1.82, 2.24) is 0 Å². The molecule has 2 aliphatic carbocycles. The second kappa shape index (κ2) is 9.36. The molecule has 5 heteroatoms. The molecule has 2 rings (SSSR count). The zero-order valence-electron chi connectivity index (χ0n) is 12.9. The average molecular weight is 300 g/mol. The molecule has 0 spiro atoms. The number of aliphatic hydroxyl groups excluding tert-OH is 4. The molecule has 4 N–H and O–H groups in total. The topological polar surface area (TPSA) is 90.2 Å². The third kappa shape index (κ3) is 5.22. The Morgan fingerprint density at radius 3 is 2.43 bits per heavy atom. The minimum atomic E-state index is -1.01. The number of hydrogen-bond donors (Lipinski definition) is 4. The molecule has 5 atom stereocenters. The maximum Gasteiger partial charge on any atom is 0.158 e. The Morgan fingerprint density at radius 2 is 1.86 bits per heavy atom. The van der Waals surface area contributed by atoms with Gasteiger partial charge >= 0.3 is 0 Å². The number of rotatable bonds is 4. The lowest BCUT2D eigenvalue weighted by Crippen LogP contribution is -2.38. The summed E-state index contributed by atoms with van der Waals surface area (Å²) in [5.74, 6) is -0.100. The van der Waals surface area contributed by atoms with E-state index >= 15 is 0 Å². The van der Waals surface area contributed by atoms with Crippen LogP contribution in [0.4, 0.5) is 0 Å². The molecular weight excluding hydrogens is 272 g/mol. The Balaban J connectivity index is 0.00000106. The van der Waals surface area contributed by atoms with E-state index in [9.17, 15) is 15.3 Å². The van der Waals surface area contributed by atoms with Crippen LogP contribution in [-0.2, 0) is 4.74 Å². The fraction of sp³-hybridized carbons (Fsp3) is 0.812. The highest BCUT2D eigenvalue weighted by Crippen LogP contribution is 2.28. The maximum absolute atomic E-state index is 10.1. The summed E-state index contributed by atoms with van der Waals surface area (Å²) in [6.45, 7) is 3.99. The largest absolute Gasteiger partial charge is 0.391 e. The van der Waals surface area contributed by atoms with Crippen molar-refractivity contribution in [3.8, 4) is 0 Å². The SMILES string of the molecule is CC.OCC1=C=CC[C@@H](C(O)OC2[C@H](O)CC[C@@H]2O)CC1. The Morgan fingerprint density at radius 1 is 1.24 bits per heavy atom. The molecular formula is C16H28O5. The van der Waals surface area contributed by atoms with Crippen molar-refractivity contribution < 1.29 is 25.2 Å². The molecule has 0 saturated heterocycles. The van der Waals surface area contributed by atoms with E-state index in [-0.39, 0.29) is 12.5 Å². The van der Waals surface area contributed by atoms with E-state index in [0.29, 0.717) is 32.1 Å². The van der Waals surface area contributed by atoms with E-state index in [1.807, 2.05) is 13.8 Å². The van der Waals surface area contributed by atoms with Crippen molar-refractivity contribution in [3.05, 3.63) is 17.4 Å². The van der Waals surface area contributed by atoms with Gasteiger partial charge in [0.05, 0.1) is 18.8 Å². The maximum atomic E-state index is 10.1. The molecule has 0 aromatic rings. The third-order valence-corrected chi connectivity index (χ3v) is 3.95.